The number of amides is 6. The van der Waals surface area contributed by atoms with E-state index >= 15 is 0 Å². The van der Waals surface area contributed by atoms with Crippen LogP contribution < -0.4 is 31.9 Å². The predicted octanol–water partition coefficient (Wildman–Crippen LogP) is 4.36. The van der Waals surface area contributed by atoms with E-state index in [1.165, 1.54) is 0 Å². The summed E-state index contributed by atoms with van der Waals surface area (Å²) in [5, 5.41) is 17.4. The molecule has 0 saturated carbocycles. The minimum absolute atomic E-state index is 0. The number of anilines is 2. The number of hydrogen-bond acceptors (Lipinski definition) is 10. The van der Waals surface area contributed by atoms with Crippen LogP contribution in [0.25, 0.3) is 0 Å². The van der Waals surface area contributed by atoms with Crippen LogP contribution in [0.5, 0.6) is 0 Å². The zero-order chi connectivity index (χ0) is 42.8. The summed E-state index contributed by atoms with van der Waals surface area (Å²) in [7, 11) is 3.39. The Bertz CT molecular complexity index is 1790. The van der Waals surface area contributed by atoms with Crippen LogP contribution in [0.1, 0.15) is 78.4 Å². The number of fused-ring (bicyclic) bond motifs is 2. The summed E-state index contributed by atoms with van der Waals surface area (Å²) in [6.45, 7) is 11.5. The van der Waals surface area contributed by atoms with E-state index in [1.807, 2.05) is 76.2 Å². The molecule has 8 atom stereocenters. The number of carbonyl (C=O) groups is 6. The average molecular weight is 922 g/mol. The third-order valence-electron chi connectivity index (χ3n) is 12.2. The molecular weight excluding hydrogens is 860 g/mol. The quantitative estimate of drug-likeness (QED) is 0.179. The predicted molar refractivity (Wildman–Crippen MR) is 248 cm³/mol. The third kappa shape index (κ3) is 11.2. The number of hydrogen-bond donors (Lipinski definition) is 6. The van der Waals surface area contributed by atoms with Crippen LogP contribution in [0.2, 0.25) is 0 Å². The normalized spacial score (nSPS) is 26.2. The van der Waals surface area contributed by atoms with Gasteiger partial charge in [-0.3, -0.25) is 28.8 Å². The summed E-state index contributed by atoms with van der Waals surface area (Å²) >= 11 is 3.32. The number of carbonyl (C=O) groups excluding carboxylic acids is 6. The number of likely N-dealkylation sites (N-methyl/N-ethyl adjacent to an activating group) is 2. The molecule has 4 heterocycles. The summed E-state index contributed by atoms with van der Waals surface area (Å²) in [6, 6.07) is 11.6. The van der Waals surface area contributed by atoms with Crippen molar-refractivity contribution in [2.24, 2.45) is 10.8 Å². The Hall–Kier alpha value is -3.54. The van der Waals surface area contributed by atoms with Crippen molar-refractivity contribution in [1.29, 1.82) is 0 Å². The SMILES string of the molecule is CNC(C)C(=O)N[C@H]1CCS[C@H]2CC(C)(C)[C@@H](C(=O)Nc3ccc(Cc4ccc(NC(=O)[C@H]5N6C(=O)[C@@H](NC(=O)C(C)NC)CCS[C@H]6CC5(C)C)cc4)cc3)N2C1=O.Cl.Cl. The molecule has 2 aromatic carbocycles. The molecule has 6 N–H and O–H groups in total. The first-order valence-corrected chi connectivity index (χ1v) is 22.7. The lowest BCUT2D eigenvalue weighted by molar-refractivity contribution is -0.142. The van der Waals surface area contributed by atoms with Crippen molar-refractivity contribution in [3.63, 3.8) is 0 Å². The highest BCUT2D eigenvalue weighted by Crippen LogP contribution is 2.48. The first-order valence-electron chi connectivity index (χ1n) is 20.6. The van der Waals surface area contributed by atoms with Gasteiger partial charge >= 0.3 is 0 Å². The monoisotopic (exact) mass is 920 g/mol. The lowest BCUT2D eigenvalue weighted by atomic mass is 9.84. The minimum Gasteiger partial charge on any atom is -0.343 e. The van der Waals surface area contributed by atoms with E-state index in [1.54, 1.807) is 61.3 Å². The summed E-state index contributed by atoms with van der Waals surface area (Å²) in [4.78, 5) is 84.4. The van der Waals surface area contributed by atoms with Crippen LogP contribution in [0, 0.1) is 10.8 Å². The van der Waals surface area contributed by atoms with Gasteiger partial charge in [-0.25, -0.2) is 0 Å². The average Bonchev–Trinajstić information content (AvgIpc) is 3.51. The van der Waals surface area contributed by atoms with Gasteiger partial charge in [0.1, 0.15) is 24.2 Å². The number of nitrogens with one attached hydrogen (secondary N) is 6. The van der Waals surface area contributed by atoms with E-state index < -0.39 is 47.1 Å². The topological polar surface area (TPSA) is 181 Å². The van der Waals surface area contributed by atoms with Gasteiger partial charge in [0.25, 0.3) is 0 Å². The molecule has 4 aliphatic rings. The molecule has 0 spiro atoms. The minimum atomic E-state index is -0.702. The fourth-order valence-corrected chi connectivity index (χ4v) is 11.8. The maximum absolute atomic E-state index is 13.9. The van der Waals surface area contributed by atoms with Crippen molar-refractivity contribution in [2.45, 2.75) is 121 Å². The maximum Gasteiger partial charge on any atom is 0.247 e. The number of thioether (sulfide) groups is 2. The number of benzene rings is 2. The standard InChI is InChI=1S/C43H60N8O6S2.2ClH/c1-24(44-7)36(52)48-30-17-19-58-32-22-42(3,4)34(50(32)40(30)56)38(54)46-28-13-9-26(10-14-28)21-27-11-15-29(16-12-27)47-39(55)35-43(5,6)23-33-51(35)41(57)31(18-20-59-33)49-37(53)25(2)45-8;;/h9-16,24-25,30-35,44-45H,17-23H2,1-8H3,(H,46,54)(H,47,55)(H,48,52)(H,49,53);2*1H/t24?,25?,30-,31-,32-,33-,34+,35+;;/m0../s1. The smallest absolute Gasteiger partial charge is 0.247 e. The molecule has 0 aliphatic carbocycles. The Labute approximate surface area is 380 Å². The summed E-state index contributed by atoms with van der Waals surface area (Å²) in [6.07, 6.45) is 2.98. The first kappa shape index (κ1) is 50.1. The van der Waals surface area contributed by atoms with Gasteiger partial charge in [-0.1, -0.05) is 52.0 Å². The Balaban J connectivity index is 0.00000410. The summed E-state index contributed by atoms with van der Waals surface area (Å²) in [5.41, 5.74) is 2.35. The number of halogens is 2. The second-order valence-corrected chi connectivity index (χ2v) is 20.2. The highest BCUT2D eigenvalue weighted by atomic mass is 35.5. The van der Waals surface area contributed by atoms with Crippen molar-refractivity contribution in [2.75, 3.05) is 36.2 Å². The zero-order valence-electron chi connectivity index (χ0n) is 36.2. The van der Waals surface area contributed by atoms with E-state index in [0.717, 1.165) is 11.1 Å². The second kappa shape index (κ2) is 20.8. The fraction of sp³-hybridized carbons (Fsp3) is 0.581. The molecule has 61 heavy (non-hydrogen) atoms. The Morgan fingerprint density at radius 1 is 0.639 bits per heavy atom. The Morgan fingerprint density at radius 3 is 1.31 bits per heavy atom. The van der Waals surface area contributed by atoms with Crippen LogP contribution in [0.3, 0.4) is 0 Å². The van der Waals surface area contributed by atoms with Crippen LogP contribution in [0.4, 0.5) is 11.4 Å². The van der Waals surface area contributed by atoms with Gasteiger partial charge in [0, 0.05) is 11.4 Å². The summed E-state index contributed by atoms with van der Waals surface area (Å²) < 4.78 is 0. The number of nitrogens with zero attached hydrogens (tertiary/aromatic N) is 2. The van der Waals surface area contributed by atoms with Crippen LogP contribution >= 0.6 is 48.3 Å². The molecular formula is C43H62Cl2N8O6S2. The molecule has 14 nitrogen and oxygen atoms in total. The lowest BCUT2D eigenvalue weighted by Crippen LogP contribution is -2.57. The van der Waals surface area contributed by atoms with Crippen LogP contribution in [-0.2, 0) is 35.2 Å². The maximum atomic E-state index is 13.9. The van der Waals surface area contributed by atoms with E-state index in [4.69, 9.17) is 0 Å². The molecule has 4 saturated heterocycles. The zero-order valence-corrected chi connectivity index (χ0v) is 39.4. The molecule has 2 aromatic rings. The summed E-state index contributed by atoms with van der Waals surface area (Å²) in [5.74, 6) is -0.0422. The number of rotatable bonds is 12. The molecule has 2 unspecified atom stereocenters. The molecule has 0 bridgehead atoms. The molecule has 6 rings (SSSR count). The van der Waals surface area contributed by atoms with Gasteiger partial charge in [-0.2, -0.15) is 0 Å². The molecule has 18 heteroatoms. The largest absolute Gasteiger partial charge is 0.343 e. The van der Waals surface area contributed by atoms with E-state index in [-0.39, 0.29) is 71.0 Å². The van der Waals surface area contributed by atoms with E-state index in [9.17, 15) is 28.8 Å². The van der Waals surface area contributed by atoms with Crippen molar-refractivity contribution in [3.8, 4) is 0 Å². The first-order chi connectivity index (χ1) is 27.9. The molecule has 4 aliphatic heterocycles. The van der Waals surface area contributed by atoms with Crippen LogP contribution in [-0.4, -0.2) is 118 Å². The Morgan fingerprint density at radius 2 is 0.984 bits per heavy atom. The van der Waals surface area contributed by atoms with E-state index in [0.29, 0.717) is 55.0 Å². The Kier molecular flexibility index (Phi) is 17.1. The van der Waals surface area contributed by atoms with Crippen molar-refractivity contribution < 1.29 is 28.8 Å². The van der Waals surface area contributed by atoms with Gasteiger partial charge in [-0.05, 0) is 118 Å². The second-order valence-electron chi connectivity index (χ2n) is 17.6. The molecule has 6 amide bonds. The van der Waals surface area contributed by atoms with Gasteiger partial charge in [-0.15, -0.1) is 48.3 Å². The van der Waals surface area contributed by atoms with Crippen LogP contribution in [0.15, 0.2) is 48.5 Å². The van der Waals surface area contributed by atoms with Crippen molar-refractivity contribution in [3.05, 3.63) is 59.7 Å². The van der Waals surface area contributed by atoms with E-state index in [2.05, 4.69) is 31.9 Å². The van der Waals surface area contributed by atoms with Gasteiger partial charge in [0.05, 0.1) is 22.8 Å². The fourth-order valence-electron chi connectivity index (χ4n) is 8.63. The van der Waals surface area contributed by atoms with Crippen molar-refractivity contribution in [1.82, 2.24) is 31.1 Å². The highest BCUT2D eigenvalue weighted by Gasteiger charge is 2.56. The molecule has 4 fully saturated rings. The van der Waals surface area contributed by atoms with Gasteiger partial charge in [0.2, 0.25) is 35.4 Å². The molecule has 336 valence electrons. The van der Waals surface area contributed by atoms with Crippen molar-refractivity contribution >= 4 is 95.2 Å². The van der Waals surface area contributed by atoms with Gasteiger partial charge in [0.15, 0.2) is 0 Å². The van der Waals surface area contributed by atoms with Gasteiger partial charge < -0.3 is 41.7 Å². The third-order valence-corrected chi connectivity index (χ3v) is 14.7. The molecule has 0 aromatic heterocycles. The lowest BCUT2D eigenvalue weighted by Gasteiger charge is -2.34. The molecule has 0 radical (unpaired) electrons. The highest BCUT2D eigenvalue weighted by molar-refractivity contribution is 8.00.